The summed E-state index contributed by atoms with van der Waals surface area (Å²) >= 11 is 0. The highest BCUT2D eigenvalue weighted by molar-refractivity contribution is 5.67. The summed E-state index contributed by atoms with van der Waals surface area (Å²) in [5.41, 5.74) is 6.01. The highest BCUT2D eigenvalue weighted by atomic mass is 16.6. The Morgan fingerprint density at radius 1 is 0.614 bits per heavy atom. The van der Waals surface area contributed by atoms with Crippen LogP contribution in [-0.4, -0.2) is 220 Å². The summed E-state index contributed by atoms with van der Waals surface area (Å²) in [4.78, 5) is 15.1. The van der Waals surface area contributed by atoms with E-state index >= 15 is 0 Å². The van der Waals surface area contributed by atoms with Crippen molar-refractivity contribution in [1.82, 2.24) is 42.1 Å². The van der Waals surface area contributed by atoms with Crippen LogP contribution in [0.25, 0.3) is 0 Å². The lowest BCUT2D eigenvalue weighted by atomic mass is 9.75. The van der Waals surface area contributed by atoms with Gasteiger partial charge in [-0.05, 0) is 78.1 Å². The van der Waals surface area contributed by atoms with Gasteiger partial charge in [-0.2, -0.15) is 0 Å². The Labute approximate surface area is 529 Å². The molecule has 0 spiro atoms. The van der Waals surface area contributed by atoms with Gasteiger partial charge in [0.25, 0.3) is 0 Å². The molecule has 88 heavy (non-hydrogen) atoms. The zero-order valence-electron chi connectivity index (χ0n) is 55.5. The van der Waals surface area contributed by atoms with Crippen LogP contribution in [0.2, 0.25) is 0 Å². The van der Waals surface area contributed by atoms with Crippen molar-refractivity contribution >= 4 is 6.09 Å². The molecular weight excluding hydrogens is 1130 g/mol. The minimum atomic E-state index is -1.14. The van der Waals surface area contributed by atoms with Crippen LogP contribution in [0.4, 0.5) is 4.79 Å². The first-order valence-corrected chi connectivity index (χ1v) is 34.0. The molecule has 1 fully saturated rings. The van der Waals surface area contributed by atoms with Gasteiger partial charge in [0, 0.05) is 140 Å². The molecule has 19 atom stereocenters. The fourth-order valence-electron chi connectivity index (χ4n) is 12.1. The van der Waals surface area contributed by atoms with Gasteiger partial charge in [-0.25, -0.2) is 4.79 Å². The Hall–Kier alpha value is -2.53. The van der Waals surface area contributed by atoms with Crippen LogP contribution in [0, 0.1) is 41.4 Å². The van der Waals surface area contributed by atoms with Gasteiger partial charge in [-0.3, -0.25) is 36.8 Å². The zero-order valence-corrected chi connectivity index (χ0v) is 55.5. The second-order valence-corrected chi connectivity index (χ2v) is 25.8. The van der Waals surface area contributed by atoms with Gasteiger partial charge in [0.1, 0.15) is 43.0 Å². The van der Waals surface area contributed by atoms with Crippen molar-refractivity contribution in [2.24, 2.45) is 47.2 Å². The monoisotopic (exact) mass is 1250 g/mol. The molecule has 0 aromatic carbocycles. The summed E-state index contributed by atoms with van der Waals surface area (Å²) in [5, 5.41) is 95.1. The van der Waals surface area contributed by atoms with Gasteiger partial charge < -0.3 is 70.1 Å². The third kappa shape index (κ3) is 27.2. The number of hydrogen-bond donors (Lipinski definition) is 14. The molecule has 22 nitrogen and oxygen atoms in total. The van der Waals surface area contributed by atoms with Crippen molar-refractivity contribution in [3.63, 3.8) is 0 Å². The van der Waals surface area contributed by atoms with Crippen molar-refractivity contribution in [2.75, 3.05) is 98.5 Å². The molecule has 0 radical (unpaired) electrons. The molecule has 7 rings (SSSR count). The number of hydrogen-bond acceptors (Lipinski definition) is 21. The normalized spacial score (nSPS) is 31.9. The van der Waals surface area contributed by atoms with E-state index in [1.54, 1.807) is 0 Å². The summed E-state index contributed by atoms with van der Waals surface area (Å²) in [7, 11) is 0. The van der Waals surface area contributed by atoms with Gasteiger partial charge in [-0.15, -0.1) is 0 Å². The molecule has 15 N–H and O–H groups in total. The quantitative estimate of drug-likeness (QED) is 0.0248. The van der Waals surface area contributed by atoms with E-state index < -0.39 is 109 Å². The van der Waals surface area contributed by atoms with E-state index in [0.29, 0.717) is 118 Å². The predicted molar refractivity (Wildman–Crippen MR) is 346 cm³/mol. The molecule has 1 amide bonds. The van der Waals surface area contributed by atoms with E-state index in [-0.39, 0.29) is 17.9 Å². The number of aliphatic hydroxyl groups excluding tert-OH is 6. The number of amides is 1. The average Bonchev–Trinajstić information content (AvgIpc) is 2.71. The lowest BCUT2D eigenvalue weighted by Crippen LogP contribution is -2.58. The standard InChI is InChI=1S/C66H125N9O13/c1-11-16-38-83-54-46(7)48-23-24-49(54)63(80)73-43-45(6)29-32-68-60(77)50-25-26-52(56(85-40-18-13-3)55(50)84-39-17-12-2)62(79)71-35-37-75(36-34-70-59(48)76)44-47(22-21-31-72-65(82)88-66(8,9)10)74-64(81)53-28-27-51(61(78)69-33-30-67)57(86-41-19-14-4)58(53)87-42-20-15-5/h23-28,46-64,68-71,73-74,76-81H,6,11-22,29-44,67H2,1-5,7-10H3,(H,72,82)/t46-,47?,48?,49?,50+,51-,52?,53+,54-,55?,56-,57?,58?,59-,60?,61?,62-,63?,64?/m0/s1. The van der Waals surface area contributed by atoms with Crippen molar-refractivity contribution in [2.45, 2.75) is 225 Å². The van der Waals surface area contributed by atoms with Crippen LogP contribution in [0.5, 0.6) is 0 Å². The first-order chi connectivity index (χ1) is 42.3. The Morgan fingerprint density at radius 3 is 1.53 bits per heavy atom. The third-order valence-corrected chi connectivity index (χ3v) is 17.3. The molecular formula is C66H125N9O13. The van der Waals surface area contributed by atoms with Crippen molar-refractivity contribution in [3.05, 3.63) is 48.6 Å². The van der Waals surface area contributed by atoms with E-state index in [0.717, 1.165) is 69.8 Å². The summed E-state index contributed by atoms with van der Waals surface area (Å²) in [6.07, 6.45) is 12.5. The Morgan fingerprint density at radius 2 is 1.05 bits per heavy atom. The maximum Gasteiger partial charge on any atom is 0.407 e. The predicted octanol–water partition coefficient (Wildman–Crippen LogP) is 4.30. The average molecular weight is 1250 g/mol. The zero-order chi connectivity index (χ0) is 64.4. The van der Waals surface area contributed by atoms with E-state index in [4.69, 9.17) is 34.2 Å². The number of nitrogens with one attached hydrogen (secondary N) is 7. The number of rotatable bonds is 33. The summed E-state index contributed by atoms with van der Waals surface area (Å²) in [6, 6.07) is -0.382. The van der Waals surface area contributed by atoms with Gasteiger partial charge in [0.05, 0.1) is 30.5 Å². The first kappa shape index (κ1) is 77.9. The van der Waals surface area contributed by atoms with Gasteiger partial charge in [-0.1, -0.05) is 122 Å². The smallest absolute Gasteiger partial charge is 0.407 e. The minimum Gasteiger partial charge on any atom is -0.444 e. The summed E-state index contributed by atoms with van der Waals surface area (Å²) in [5.74, 6) is -3.03. The van der Waals surface area contributed by atoms with E-state index in [9.17, 15) is 35.4 Å². The number of carbonyl (C=O) groups is 1. The molecule has 4 heterocycles. The van der Waals surface area contributed by atoms with Crippen LogP contribution in [0.1, 0.15) is 146 Å². The highest BCUT2D eigenvalue weighted by Crippen LogP contribution is 2.36. The first-order valence-electron chi connectivity index (χ1n) is 34.0. The maximum absolute atomic E-state index is 12.9. The number of nitrogens with two attached hydrogens (primary N) is 1. The topological polar surface area (TPSA) is 307 Å². The number of aliphatic hydroxyl groups is 6. The molecule has 4 aliphatic heterocycles. The molecule has 0 aromatic heterocycles. The van der Waals surface area contributed by atoms with Crippen molar-refractivity contribution in [1.29, 1.82) is 0 Å². The van der Waals surface area contributed by atoms with Gasteiger partial charge in [0.15, 0.2) is 0 Å². The Kier molecular flexibility index (Phi) is 38.4. The van der Waals surface area contributed by atoms with Crippen LogP contribution in [0.15, 0.2) is 48.6 Å². The number of unbranched alkanes of at least 4 members (excludes halogenated alkanes) is 5. The van der Waals surface area contributed by atoms with E-state index in [1.165, 1.54) is 0 Å². The van der Waals surface area contributed by atoms with Crippen molar-refractivity contribution < 1.29 is 63.9 Å². The summed E-state index contributed by atoms with van der Waals surface area (Å²) in [6.45, 7) is 28.4. The second kappa shape index (κ2) is 43.4. The molecule has 22 heteroatoms. The number of carbonyl (C=O) groups excluding carboxylic acids is 1. The molecule has 512 valence electrons. The molecule has 1 saturated heterocycles. The minimum absolute atomic E-state index is 0.185. The van der Waals surface area contributed by atoms with Gasteiger partial charge >= 0.3 is 6.09 Å². The molecule has 11 unspecified atom stereocenters. The maximum atomic E-state index is 12.9. The summed E-state index contributed by atoms with van der Waals surface area (Å²) < 4.78 is 38.7. The lowest BCUT2D eigenvalue weighted by molar-refractivity contribution is -0.149. The van der Waals surface area contributed by atoms with Crippen molar-refractivity contribution in [3.8, 4) is 0 Å². The van der Waals surface area contributed by atoms with E-state index in [2.05, 4.69) is 90.2 Å². The fourth-order valence-corrected chi connectivity index (χ4v) is 12.1. The molecule has 4 bridgehead atoms. The van der Waals surface area contributed by atoms with Gasteiger partial charge in [0.2, 0.25) is 0 Å². The number of nitrogens with zero attached hydrogens (tertiary/aromatic N) is 1. The fraction of sp³-hybridized carbons (Fsp3) is 0.864. The Bertz CT molecular complexity index is 1960. The van der Waals surface area contributed by atoms with Crippen LogP contribution >= 0.6 is 0 Å². The second-order valence-electron chi connectivity index (χ2n) is 25.8. The van der Waals surface area contributed by atoms with Crippen LogP contribution in [-0.2, 0) is 28.4 Å². The van der Waals surface area contributed by atoms with Crippen LogP contribution < -0.4 is 43.0 Å². The largest absolute Gasteiger partial charge is 0.444 e. The SMILES string of the molecule is C=C1CCNC(O)[C@@H]2C=CC([C@H](OCCCC)C2OCCCC)[C@H](O)NCCN(CC(CCCNC(=O)OC(C)(C)C)NC(O)[C@@H]2C=C[C@H](C(O)NCCN)C(OCCCC)C2OCCCC)CCN[C@@H](O)C2C=CC(C(O)NC1)[C@@H](OCCCC)[C@H]2C. The third-order valence-electron chi connectivity index (χ3n) is 17.3. The lowest BCUT2D eigenvalue weighted by Gasteiger charge is -2.43. The van der Waals surface area contributed by atoms with E-state index in [1.807, 2.05) is 57.2 Å². The molecule has 0 saturated carbocycles. The number of alkyl carbamates (subject to hydrolysis) is 1. The Balaban J connectivity index is 1.76. The highest BCUT2D eigenvalue weighted by Gasteiger charge is 2.46. The molecule has 3 aliphatic carbocycles. The van der Waals surface area contributed by atoms with Crippen LogP contribution in [0.3, 0.4) is 0 Å². The molecule has 7 aliphatic rings. The molecule has 0 aromatic rings. The number of ether oxygens (including phenoxy) is 6.